The topological polar surface area (TPSA) is 59.9 Å². The molecule has 0 spiro atoms. The van der Waals surface area contributed by atoms with E-state index in [1.165, 1.54) is 5.56 Å². The number of para-hydroxylation sites is 1. The first-order valence-electron chi connectivity index (χ1n) is 10.2. The van der Waals surface area contributed by atoms with Crippen LogP contribution in [-0.4, -0.2) is 18.7 Å². The molecule has 3 aromatic rings. The molecule has 5 heteroatoms. The first kappa shape index (κ1) is 22.1. The lowest BCUT2D eigenvalue weighted by atomic mass is 9.87. The fraction of sp³-hybridized carbons (Fsp3) is 0.231. The van der Waals surface area contributed by atoms with Crippen LogP contribution < -0.4 is 14.9 Å². The summed E-state index contributed by atoms with van der Waals surface area (Å²) in [5.41, 5.74) is 5.63. The minimum atomic E-state index is -0.334. The second-order valence-electron chi connectivity index (χ2n) is 8.17. The summed E-state index contributed by atoms with van der Waals surface area (Å²) < 4.78 is 11.4. The van der Waals surface area contributed by atoms with Crippen molar-refractivity contribution in [2.75, 3.05) is 6.61 Å². The molecule has 0 radical (unpaired) electrons. The number of hydrazone groups is 1. The van der Waals surface area contributed by atoms with Gasteiger partial charge in [-0.1, -0.05) is 75.4 Å². The highest BCUT2D eigenvalue weighted by Gasteiger charge is 2.13. The van der Waals surface area contributed by atoms with E-state index in [0.717, 1.165) is 11.1 Å². The third kappa shape index (κ3) is 7.00. The zero-order valence-electron chi connectivity index (χ0n) is 18.2. The molecule has 0 aliphatic carbocycles. The number of nitrogens with one attached hydrogen (secondary N) is 1. The van der Waals surface area contributed by atoms with E-state index in [4.69, 9.17) is 9.47 Å². The van der Waals surface area contributed by atoms with Gasteiger partial charge in [-0.15, -0.1) is 0 Å². The first-order valence-corrected chi connectivity index (χ1v) is 10.2. The van der Waals surface area contributed by atoms with Crippen LogP contribution in [0.15, 0.2) is 84.0 Å². The maximum absolute atomic E-state index is 12.0. The molecule has 0 fully saturated rings. The summed E-state index contributed by atoms with van der Waals surface area (Å²) in [4.78, 5) is 12.0. The van der Waals surface area contributed by atoms with Gasteiger partial charge in [-0.2, -0.15) is 5.10 Å². The number of hydrogen-bond donors (Lipinski definition) is 1. The molecule has 0 saturated heterocycles. The van der Waals surface area contributed by atoms with Crippen molar-refractivity contribution in [1.82, 2.24) is 5.43 Å². The molecule has 0 unspecified atom stereocenters. The molecule has 31 heavy (non-hydrogen) atoms. The molecule has 3 rings (SSSR count). The highest BCUT2D eigenvalue weighted by Crippen LogP contribution is 2.24. The van der Waals surface area contributed by atoms with E-state index in [1.54, 1.807) is 6.21 Å². The van der Waals surface area contributed by atoms with Crippen molar-refractivity contribution in [3.63, 3.8) is 0 Å². The SMILES string of the molecule is CC(C)(C)c1ccc(OCC(=O)NN=Cc2ccccc2OCc2ccccc2)cc1. The summed E-state index contributed by atoms with van der Waals surface area (Å²) >= 11 is 0. The average Bonchev–Trinajstić information content (AvgIpc) is 2.77. The van der Waals surface area contributed by atoms with Crippen LogP contribution in [0.5, 0.6) is 11.5 Å². The highest BCUT2D eigenvalue weighted by atomic mass is 16.5. The maximum atomic E-state index is 12.0. The van der Waals surface area contributed by atoms with Crippen LogP contribution in [-0.2, 0) is 16.8 Å². The minimum Gasteiger partial charge on any atom is -0.488 e. The largest absolute Gasteiger partial charge is 0.488 e. The Bertz CT molecular complexity index is 1010. The number of carbonyl (C=O) groups is 1. The average molecular weight is 417 g/mol. The third-order valence-corrected chi connectivity index (χ3v) is 4.64. The van der Waals surface area contributed by atoms with Crippen LogP contribution >= 0.6 is 0 Å². The number of rotatable bonds is 8. The Kier molecular flexibility index (Phi) is 7.44. The van der Waals surface area contributed by atoms with Gasteiger partial charge in [-0.3, -0.25) is 4.79 Å². The molecule has 5 nitrogen and oxygen atoms in total. The van der Waals surface area contributed by atoms with Crippen molar-refractivity contribution in [2.24, 2.45) is 5.10 Å². The number of benzene rings is 3. The van der Waals surface area contributed by atoms with Crippen LogP contribution in [0.3, 0.4) is 0 Å². The number of amides is 1. The standard InChI is InChI=1S/C26H28N2O3/c1-26(2,3)22-13-15-23(16-14-22)30-19-25(29)28-27-17-21-11-7-8-12-24(21)31-18-20-9-5-4-6-10-20/h4-17H,18-19H2,1-3H3,(H,28,29). The van der Waals surface area contributed by atoms with Crippen molar-refractivity contribution < 1.29 is 14.3 Å². The molecule has 1 N–H and O–H groups in total. The Hall–Kier alpha value is -3.60. The van der Waals surface area contributed by atoms with E-state index >= 15 is 0 Å². The highest BCUT2D eigenvalue weighted by molar-refractivity contribution is 5.85. The summed E-state index contributed by atoms with van der Waals surface area (Å²) in [5, 5.41) is 4.03. The van der Waals surface area contributed by atoms with Crippen LogP contribution in [0.4, 0.5) is 0 Å². The molecule has 160 valence electrons. The fourth-order valence-electron chi connectivity index (χ4n) is 2.86. The van der Waals surface area contributed by atoms with Gasteiger partial charge in [0.1, 0.15) is 18.1 Å². The molecule has 0 atom stereocenters. The van der Waals surface area contributed by atoms with Gasteiger partial charge in [0, 0.05) is 5.56 Å². The van der Waals surface area contributed by atoms with Gasteiger partial charge >= 0.3 is 0 Å². The van der Waals surface area contributed by atoms with Crippen LogP contribution in [0, 0.1) is 0 Å². The first-order chi connectivity index (χ1) is 14.9. The second-order valence-corrected chi connectivity index (χ2v) is 8.17. The lowest BCUT2D eigenvalue weighted by Crippen LogP contribution is -2.24. The summed E-state index contributed by atoms with van der Waals surface area (Å²) in [7, 11) is 0. The van der Waals surface area contributed by atoms with E-state index in [9.17, 15) is 4.79 Å². The van der Waals surface area contributed by atoms with E-state index in [-0.39, 0.29) is 17.9 Å². The van der Waals surface area contributed by atoms with Gasteiger partial charge < -0.3 is 9.47 Å². The van der Waals surface area contributed by atoms with Gasteiger partial charge in [0.2, 0.25) is 0 Å². The molecule has 1 amide bonds. The summed E-state index contributed by atoms with van der Waals surface area (Å²) in [6.45, 7) is 6.80. The van der Waals surface area contributed by atoms with E-state index in [2.05, 4.69) is 31.3 Å². The molecule has 3 aromatic carbocycles. The quantitative estimate of drug-likeness (QED) is 0.411. The summed E-state index contributed by atoms with van der Waals surface area (Å²) in [5.74, 6) is 1.00. The van der Waals surface area contributed by atoms with Gasteiger partial charge in [-0.25, -0.2) is 5.43 Å². The zero-order valence-corrected chi connectivity index (χ0v) is 18.2. The van der Waals surface area contributed by atoms with Gasteiger partial charge in [0.05, 0.1) is 6.21 Å². The third-order valence-electron chi connectivity index (χ3n) is 4.64. The zero-order chi connectivity index (χ0) is 22.1. The Morgan fingerprint density at radius 3 is 2.29 bits per heavy atom. The van der Waals surface area contributed by atoms with Crippen LogP contribution in [0.25, 0.3) is 0 Å². The fourth-order valence-corrected chi connectivity index (χ4v) is 2.86. The Morgan fingerprint density at radius 2 is 1.58 bits per heavy atom. The number of ether oxygens (including phenoxy) is 2. The van der Waals surface area contributed by atoms with E-state index < -0.39 is 0 Å². The number of nitrogens with zero attached hydrogens (tertiary/aromatic N) is 1. The van der Waals surface area contributed by atoms with Crippen molar-refractivity contribution >= 4 is 12.1 Å². The smallest absolute Gasteiger partial charge is 0.277 e. The van der Waals surface area contributed by atoms with Crippen molar-refractivity contribution in [3.8, 4) is 11.5 Å². The number of hydrogen-bond acceptors (Lipinski definition) is 4. The Balaban J connectivity index is 1.49. The van der Waals surface area contributed by atoms with Gasteiger partial charge in [0.25, 0.3) is 5.91 Å². The molecular formula is C26H28N2O3. The lowest BCUT2D eigenvalue weighted by Gasteiger charge is -2.19. The van der Waals surface area contributed by atoms with E-state index in [1.807, 2.05) is 78.9 Å². The molecule has 0 aliphatic heterocycles. The van der Waals surface area contributed by atoms with Crippen molar-refractivity contribution in [1.29, 1.82) is 0 Å². The Labute approximate surface area is 183 Å². The molecule has 0 heterocycles. The van der Waals surface area contributed by atoms with Crippen molar-refractivity contribution in [2.45, 2.75) is 32.8 Å². The minimum absolute atomic E-state index is 0.0751. The molecule has 0 bridgehead atoms. The maximum Gasteiger partial charge on any atom is 0.277 e. The molecule has 0 aliphatic rings. The predicted molar refractivity (Wildman–Crippen MR) is 124 cm³/mol. The van der Waals surface area contributed by atoms with Gasteiger partial charge in [0.15, 0.2) is 6.61 Å². The molecule has 0 aromatic heterocycles. The van der Waals surface area contributed by atoms with Crippen LogP contribution in [0.2, 0.25) is 0 Å². The van der Waals surface area contributed by atoms with Crippen LogP contribution in [0.1, 0.15) is 37.5 Å². The second kappa shape index (κ2) is 10.4. The Morgan fingerprint density at radius 1 is 0.903 bits per heavy atom. The molecular weight excluding hydrogens is 388 g/mol. The van der Waals surface area contributed by atoms with E-state index in [0.29, 0.717) is 18.1 Å². The summed E-state index contributed by atoms with van der Waals surface area (Å²) in [6.07, 6.45) is 1.57. The number of carbonyl (C=O) groups excluding carboxylic acids is 1. The summed E-state index contributed by atoms with van der Waals surface area (Å²) in [6, 6.07) is 25.2. The normalized spacial score (nSPS) is 11.3. The molecule has 0 saturated carbocycles. The monoisotopic (exact) mass is 416 g/mol. The lowest BCUT2D eigenvalue weighted by molar-refractivity contribution is -0.123. The van der Waals surface area contributed by atoms with Crippen molar-refractivity contribution in [3.05, 3.63) is 95.6 Å². The predicted octanol–water partition coefficient (Wildman–Crippen LogP) is 5.09. The van der Waals surface area contributed by atoms with Gasteiger partial charge in [-0.05, 0) is 40.8 Å².